The summed E-state index contributed by atoms with van der Waals surface area (Å²) in [6, 6.07) is 0.640. The number of thiazole rings is 1. The highest BCUT2D eigenvalue weighted by Gasteiger charge is 2.09. The summed E-state index contributed by atoms with van der Waals surface area (Å²) in [5.41, 5.74) is 3.06. The van der Waals surface area contributed by atoms with Crippen LogP contribution in [0.1, 0.15) is 45.7 Å². The van der Waals surface area contributed by atoms with Gasteiger partial charge < -0.3 is 5.32 Å². The third kappa shape index (κ3) is 4.76. The second kappa shape index (κ2) is 6.96. The smallest absolute Gasteiger partial charge is 0.0795 e. The monoisotopic (exact) mass is 226 g/mol. The maximum atomic E-state index is 4.28. The van der Waals surface area contributed by atoms with Crippen molar-refractivity contribution in [2.45, 2.75) is 52.6 Å². The van der Waals surface area contributed by atoms with Gasteiger partial charge in [-0.2, -0.15) is 0 Å². The average Bonchev–Trinajstić information content (AvgIpc) is 2.76. The van der Waals surface area contributed by atoms with Crippen molar-refractivity contribution in [3.05, 3.63) is 16.6 Å². The van der Waals surface area contributed by atoms with E-state index in [9.17, 15) is 0 Å². The molecular formula is C12H22N2S. The largest absolute Gasteiger partial charge is 0.308 e. The van der Waals surface area contributed by atoms with Crippen molar-refractivity contribution in [2.75, 3.05) is 0 Å². The van der Waals surface area contributed by atoms with Gasteiger partial charge in [-0.05, 0) is 18.8 Å². The van der Waals surface area contributed by atoms with Crippen LogP contribution in [0.3, 0.4) is 0 Å². The standard InChI is InChI=1S/C12H22N2S/c1-4-10(3)6-11(5-2)13-7-12-8-15-9-14-12/h8-11,13H,4-7H2,1-3H3. The summed E-state index contributed by atoms with van der Waals surface area (Å²) in [5.74, 6) is 0.817. The molecule has 0 amide bonds. The van der Waals surface area contributed by atoms with E-state index in [1.807, 2.05) is 5.51 Å². The van der Waals surface area contributed by atoms with Gasteiger partial charge >= 0.3 is 0 Å². The molecule has 0 saturated heterocycles. The number of rotatable bonds is 7. The van der Waals surface area contributed by atoms with Crippen molar-refractivity contribution < 1.29 is 0 Å². The molecule has 0 aromatic carbocycles. The van der Waals surface area contributed by atoms with Gasteiger partial charge in [-0.15, -0.1) is 11.3 Å². The Hall–Kier alpha value is -0.410. The second-order valence-corrected chi connectivity index (χ2v) is 4.93. The van der Waals surface area contributed by atoms with Gasteiger partial charge in [0.05, 0.1) is 11.2 Å². The lowest BCUT2D eigenvalue weighted by Crippen LogP contribution is -2.29. The summed E-state index contributed by atoms with van der Waals surface area (Å²) >= 11 is 1.67. The zero-order chi connectivity index (χ0) is 11.1. The Morgan fingerprint density at radius 2 is 2.20 bits per heavy atom. The van der Waals surface area contributed by atoms with Gasteiger partial charge in [0.1, 0.15) is 0 Å². The quantitative estimate of drug-likeness (QED) is 0.770. The molecule has 1 heterocycles. The lowest BCUT2D eigenvalue weighted by molar-refractivity contribution is 0.383. The Labute approximate surface area is 97.1 Å². The zero-order valence-electron chi connectivity index (χ0n) is 9.99. The molecule has 0 saturated carbocycles. The molecule has 1 aromatic heterocycles. The van der Waals surface area contributed by atoms with Crippen LogP contribution < -0.4 is 5.32 Å². The first-order valence-electron chi connectivity index (χ1n) is 5.86. The molecule has 2 atom stereocenters. The van der Waals surface area contributed by atoms with E-state index >= 15 is 0 Å². The summed E-state index contributed by atoms with van der Waals surface area (Å²) in [4.78, 5) is 4.28. The molecular weight excluding hydrogens is 204 g/mol. The van der Waals surface area contributed by atoms with Crippen molar-refractivity contribution in [3.63, 3.8) is 0 Å². The van der Waals surface area contributed by atoms with Crippen LogP contribution in [-0.4, -0.2) is 11.0 Å². The first kappa shape index (κ1) is 12.7. The molecule has 2 unspecified atom stereocenters. The topological polar surface area (TPSA) is 24.9 Å². The highest BCUT2D eigenvalue weighted by molar-refractivity contribution is 7.07. The second-order valence-electron chi connectivity index (χ2n) is 4.21. The van der Waals surface area contributed by atoms with Gasteiger partial charge in [-0.3, -0.25) is 0 Å². The molecule has 2 nitrogen and oxygen atoms in total. The summed E-state index contributed by atoms with van der Waals surface area (Å²) < 4.78 is 0. The predicted octanol–water partition coefficient (Wildman–Crippen LogP) is 3.45. The molecule has 1 aromatic rings. The molecule has 0 spiro atoms. The Bertz CT molecular complexity index is 246. The number of hydrogen-bond acceptors (Lipinski definition) is 3. The number of hydrogen-bond donors (Lipinski definition) is 1. The van der Waals surface area contributed by atoms with Crippen molar-refractivity contribution in [3.8, 4) is 0 Å². The summed E-state index contributed by atoms with van der Waals surface area (Å²) in [5, 5.41) is 5.70. The predicted molar refractivity (Wildman–Crippen MR) is 67.1 cm³/mol. The summed E-state index contributed by atoms with van der Waals surface area (Å²) in [6.07, 6.45) is 3.75. The van der Waals surface area contributed by atoms with Crippen molar-refractivity contribution >= 4 is 11.3 Å². The Kier molecular flexibility index (Phi) is 5.88. The van der Waals surface area contributed by atoms with E-state index in [1.54, 1.807) is 11.3 Å². The summed E-state index contributed by atoms with van der Waals surface area (Å²) in [6.45, 7) is 7.75. The van der Waals surface area contributed by atoms with E-state index in [0.717, 1.165) is 12.5 Å². The lowest BCUT2D eigenvalue weighted by Gasteiger charge is -2.19. The minimum atomic E-state index is 0.640. The number of nitrogens with zero attached hydrogens (tertiary/aromatic N) is 1. The van der Waals surface area contributed by atoms with Crippen molar-refractivity contribution in [1.82, 2.24) is 10.3 Å². The van der Waals surface area contributed by atoms with Gasteiger partial charge in [0.15, 0.2) is 0 Å². The molecule has 0 fully saturated rings. The minimum Gasteiger partial charge on any atom is -0.308 e. The van der Waals surface area contributed by atoms with Crippen LogP contribution in [0.5, 0.6) is 0 Å². The lowest BCUT2D eigenvalue weighted by atomic mass is 9.98. The van der Waals surface area contributed by atoms with Crippen molar-refractivity contribution in [1.29, 1.82) is 0 Å². The van der Waals surface area contributed by atoms with Crippen LogP contribution in [-0.2, 0) is 6.54 Å². The highest BCUT2D eigenvalue weighted by atomic mass is 32.1. The first-order valence-corrected chi connectivity index (χ1v) is 6.81. The number of nitrogens with one attached hydrogen (secondary N) is 1. The van der Waals surface area contributed by atoms with E-state index in [1.165, 1.54) is 25.0 Å². The van der Waals surface area contributed by atoms with Crippen LogP contribution in [0.2, 0.25) is 0 Å². The van der Waals surface area contributed by atoms with Crippen LogP contribution in [0.4, 0.5) is 0 Å². The van der Waals surface area contributed by atoms with Crippen LogP contribution in [0.25, 0.3) is 0 Å². The summed E-state index contributed by atoms with van der Waals surface area (Å²) in [7, 11) is 0. The minimum absolute atomic E-state index is 0.640. The van der Waals surface area contributed by atoms with Crippen LogP contribution in [0.15, 0.2) is 10.9 Å². The fourth-order valence-corrected chi connectivity index (χ4v) is 2.18. The molecule has 0 aliphatic heterocycles. The highest BCUT2D eigenvalue weighted by Crippen LogP contribution is 2.12. The third-order valence-electron chi connectivity index (χ3n) is 2.93. The third-order valence-corrected chi connectivity index (χ3v) is 3.57. The van der Waals surface area contributed by atoms with E-state index in [0.29, 0.717) is 6.04 Å². The Balaban J connectivity index is 2.27. The fraction of sp³-hybridized carbons (Fsp3) is 0.750. The van der Waals surface area contributed by atoms with Gasteiger partial charge in [0, 0.05) is 18.0 Å². The van der Waals surface area contributed by atoms with Gasteiger partial charge in [-0.1, -0.05) is 27.2 Å². The molecule has 0 bridgehead atoms. The van der Waals surface area contributed by atoms with Crippen LogP contribution >= 0.6 is 11.3 Å². The van der Waals surface area contributed by atoms with E-state index in [-0.39, 0.29) is 0 Å². The fourth-order valence-electron chi connectivity index (χ4n) is 1.62. The molecule has 1 N–H and O–H groups in total. The van der Waals surface area contributed by atoms with E-state index < -0.39 is 0 Å². The molecule has 3 heteroatoms. The van der Waals surface area contributed by atoms with Crippen LogP contribution in [0, 0.1) is 5.92 Å². The maximum absolute atomic E-state index is 4.28. The normalized spacial score (nSPS) is 15.1. The van der Waals surface area contributed by atoms with Crippen molar-refractivity contribution in [2.24, 2.45) is 5.92 Å². The Morgan fingerprint density at radius 1 is 1.40 bits per heavy atom. The number of aromatic nitrogens is 1. The molecule has 0 radical (unpaired) electrons. The maximum Gasteiger partial charge on any atom is 0.0795 e. The average molecular weight is 226 g/mol. The zero-order valence-corrected chi connectivity index (χ0v) is 10.8. The van der Waals surface area contributed by atoms with Gasteiger partial charge in [-0.25, -0.2) is 4.98 Å². The molecule has 15 heavy (non-hydrogen) atoms. The molecule has 86 valence electrons. The first-order chi connectivity index (χ1) is 7.26. The van der Waals surface area contributed by atoms with E-state index in [4.69, 9.17) is 0 Å². The SMILES string of the molecule is CCC(C)CC(CC)NCc1cscn1. The molecule has 1 rings (SSSR count). The van der Waals surface area contributed by atoms with Gasteiger partial charge in [0.2, 0.25) is 0 Å². The molecule has 0 aliphatic rings. The Morgan fingerprint density at radius 3 is 2.73 bits per heavy atom. The van der Waals surface area contributed by atoms with E-state index in [2.05, 4.69) is 36.5 Å². The van der Waals surface area contributed by atoms with Gasteiger partial charge in [0.25, 0.3) is 0 Å². The molecule has 0 aliphatic carbocycles.